The summed E-state index contributed by atoms with van der Waals surface area (Å²) in [4.78, 5) is 0. The van der Waals surface area contributed by atoms with Gasteiger partial charge in [-0.3, -0.25) is 0 Å². The maximum absolute atomic E-state index is 3.72. The summed E-state index contributed by atoms with van der Waals surface area (Å²) in [7, 11) is 0. The van der Waals surface area contributed by atoms with Gasteiger partial charge in [-0.1, -0.05) is 19.3 Å². The molecule has 0 radical (unpaired) electrons. The van der Waals surface area contributed by atoms with Crippen molar-refractivity contribution in [2.45, 2.75) is 63.7 Å². The first-order chi connectivity index (χ1) is 7.05. The summed E-state index contributed by atoms with van der Waals surface area (Å²) < 4.78 is 0.378. The molecule has 0 spiro atoms. The van der Waals surface area contributed by atoms with Gasteiger partial charge < -0.3 is 5.32 Å². The zero-order valence-electron chi connectivity index (χ0n) is 10.8. The lowest BCUT2D eigenvalue weighted by Gasteiger charge is -2.31. The van der Waals surface area contributed by atoms with Crippen molar-refractivity contribution < 1.29 is 0 Å². The Morgan fingerprint density at radius 3 is 2.40 bits per heavy atom. The van der Waals surface area contributed by atoms with Gasteiger partial charge in [-0.25, -0.2) is 0 Å². The van der Waals surface area contributed by atoms with E-state index in [1.165, 1.54) is 32.1 Å². The fraction of sp³-hybridized carbons (Fsp3) is 1.00. The first-order valence-corrected chi connectivity index (χ1v) is 7.56. The lowest BCUT2D eigenvalue weighted by molar-refractivity contribution is 0.278. The van der Waals surface area contributed by atoms with E-state index in [4.69, 9.17) is 0 Å². The molecule has 0 aromatic carbocycles. The van der Waals surface area contributed by atoms with Gasteiger partial charge in [0.2, 0.25) is 0 Å². The third-order valence-corrected chi connectivity index (χ3v) is 5.01. The van der Waals surface area contributed by atoms with Crippen LogP contribution in [0.3, 0.4) is 0 Å². The standard InChI is InChI=1S/C13H27NS/c1-11(12-8-6-5-7-9-12)14-10-13(2,3)15-4/h11-12,14H,5-10H2,1-4H3. The van der Waals surface area contributed by atoms with Crippen molar-refractivity contribution in [1.29, 1.82) is 0 Å². The molecule has 1 unspecified atom stereocenters. The highest BCUT2D eigenvalue weighted by Crippen LogP contribution is 2.27. The second-order valence-electron chi connectivity index (χ2n) is 5.53. The van der Waals surface area contributed by atoms with Crippen molar-refractivity contribution in [2.75, 3.05) is 12.8 Å². The van der Waals surface area contributed by atoms with Gasteiger partial charge >= 0.3 is 0 Å². The number of rotatable bonds is 5. The Morgan fingerprint density at radius 2 is 1.87 bits per heavy atom. The quantitative estimate of drug-likeness (QED) is 0.772. The molecule has 0 aromatic rings. The predicted octanol–water partition coefficient (Wildman–Crippen LogP) is 3.69. The van der Waals surface area contributed by atoms with E-state index in [1.54, 1.807) is 0 Å². The third kappa shape index (κ3) is 4.78. The second kappa shape index (κ2) is 6.15. The van der Waals surface area contributed by atoms with Crippen LogP contribution in [0.1, 0.15) is 52.9 Å². The van der Waals surface area contributed by atoms with Crippen molar-refractivity contribution in [3.63, 3.8) is 0 Å². The molecule has 1 atom stereocenters. The Bertz CT molecular complexity index is 173. The monoisotopic (exact) mass is 229 g/mol. The minimum Gasteiger partial charge on any atom is -0.313 e. The Labute approximate surface area is 99.8 Å². The van der Waals surface area contributed by atoms with Gasteiger partial charge in [-0.05, 0) is 45.8 Å². The minimum atomic E-state index is 0.378. The molecule has 1 fully saturated rings. The molecule has 1 N–H and O–H groups in total. The molecule has 0 aromatic heterocycles. The molecule has 0 amide bonds. The Morgan fingerprint density at radius 1 is 1.27 bits per heavy atom. The summed E-state index contributed by atoms with van der Waals surface area (Å²) in [5, 5.41) is 3.72. The molecule has 1 rings (SSSR count). The molecule has 0 heterocycles. The highest BCUT2D eigenvalue weighted by molar-refractivity contribution is 7.99. The van der Waals surface area contributed by atoms with E-state index in [1.807, 2.05) is 11.8 Å². The van der Waals surface area contributed by atoms with Crippen LogP contribution in [0.4, 0.5) is 0 Å². The smallest absolute Gasteiger partial charge is 0.0225 e. The van der Waals surface area contributed by atoms with E-state index in [0.717, 1.165) is 12.5 Å². The van der Waals surface area contributed by atoms with Gasteiger partial charge in [0.1, 0.15) is 0 Å². The molecule has 0 aliphatic heterocycles. The maximum atomic E-state index is 3.72. The minimum absolute atomic E-state index is 0.378. The van der Waals surface area contributed by atoms with Gasteiger partial charge in [0.25, 0.3) is 0 Å². The molecule has 0 bridgehead atoms. The normalized spacial score (nSPS) is 21.6. The Hall–Kier alpha value is 0.310. The number of hydrogen-bond acceptors (Lipinski definition) is 2. The van der Waals surface area contributed by atoms with Crippen molar-refractivity contribution in [3.8, 4) is 0 Å². The highest BCUT2D eigenvalue weighted by atomic mass is 32.2. The molecule has 1 saturated carbocycles. The van der Waals surface area contributed by atoms with Crippen LogP contribution in [0, 0.1) is 5.92 Å². The molecule has 15 heavy (non-hydrogen) atoms. The lowest BCUT2D eigenvalue weighted by atomic mass is 9.84. The van der Waals surface area contributed by atoms with Crippen molar-refractivity contribution in [3.05, 3.63) is 0 Å². The summed E-state index contributed by atoms with van der Waals surface area (Å²) >= 11 is 1.95. The van der Waals surface area contributed by atoms with Gasteiger partial charge in [-0.15, -0.1) is 0 Å². The fourth-order valence-electron chi connectivity index (χ4n) is 2.28. The van der Waals surface area contributed by atoms with Crippen LogP contribution in [0.5, 0.6) is 0 Å². The van der Waals surface area contributed by atoms with E-state index in [0.29, 0.717) is 10.8 Å². The lowest BCUT2D eigenvalue weighted by Crippen LogP contribution is -2.41. The Balaban J connectivity index is 2.25. The summed E-state index contributed by atoms with van der Waals surface area (Å²) in [5.74, 6) is 0.927. The largest absolute Gasteiger partial charge is 0.313 e. The van der Waals surface area contributed by atoms with Gasteiger partial charge in [-0.2, -0.15) is 11.8 Å². The third-order valence-electron chi connectivity index (χ3n) is 3.76. The van der Waals surface area contributed by atoms with Crippen LogP contribution < -0.4 is 5.32 Å². The van der Waals surface area contributed by atoms with Crippen LogP contribution in [-0.4, -0.2) is 23.6 Å². The zero-order chi connectivity index (χ0) is 11.3. The molecular weight excluding hydrogens is 202 g/mol. The van der Waals surface area contributed by atoms with Crippen LogP contribution in [0.25, 0.3) is 0 Å². The second-order valence-corrected chi connectivity index (χ2v) is 7.04. The molecule has 1 aliphatic rings. The maximum Gasteiger partial charge on any atom is 0.0225 e. The zero-order valence-corrected chi connectivity index (χ0v) is 11.6. The average molecular weight is 229 g/mol. The van der Waals surface area contributed by atoms with E-state index in [-0.39, 0.29) is 0 Å². The average Bonchev–Trinajstić information content (AvgIpc) is 2.27. The van der Waals surface area contributed by atoms with Crippen molar-refractivity contribution in [1.82, 2.24) is 5.32 Å². The summed E-state index contributed by atoms with van der Waals surface area (Å²) in [5.41, 5.74) is 0. The Kier molecular flexibility index (Phi) is 5.48. The SMILES string of the molecule is CSC(C)(C)CNC(C)C1CCCCC1. The van der Waals surface area contributed by atoms with Crippen molar-refractivity contribution >= 4 is 11.8 Å². The molecule has 1 nitrogen and oxygen atoms in total. The van der Waals surface area contributed by atoms with Crippen molar-refractivity contribution in [2.24, 2.45) is 5.92 Å². The fourth-order valence-corrected chi connectivity index (χ4v) is 2.51. The first kappa shape index (κ1) is 13.4. The summed E-state index contributed by atoms with van der Waals surface area (Å²) in [6.45, 7) is 8.13. The molecule has 2 heteroatoms. The molecular formula is C13H27NS. The van der Waals surface area contributed by atoms with Gasteiger partial charge in [0.05, 0.1) is 0 Å². The van der Waals surface area contributed by atoms with Crippen LogP contribution in [0.15, 0.2) is 0 Å². The summed E-state index contributed by atoms with van der Waals surface area (Å²) in [6, 6.07) is 0.705. The molecule has 0 saturated heterocycles. The van der Waals surface area contributed by atoms with Gasteiger partial charge in [0, 0.05) is 17.3 Å². The van der Waals surface area contributed by atoms with E-state index in [2.05, 4.69) is 32.3 Å². The van der Waals surface area contributed by atoms with E-state index < -0.39 is 0 Å². The number of nitrogens with one attached hydrogen (secondary N) is 1. The van der Waals surface area contributed by atoms with E-state index >= 15 is 0 Å². The topological polar surface area (TPSA) is 12.0 Å². The highest BCUT2D eigenvalue weighted by Gasteiger charge is 2.22. The van der Waals surface area contributed by atoms with Gasteiger partial charge in [0.15, 0.2) is 0 Å². The number of thioether (sulfide) groups is 1. The predicted molar refractivity (Wildman–Crippen MR) is 71.6 cm³/mol. The molecule has 1 aliphatic carbocycles. The first-order valence-electron chi connectivity index (χ1n) is 6.34. The van der Waals surface area contributed by atoms with Crippen LogP contribution in [0.2, 0.25) is 0 Å². The van der Waals surface area contributed by atoms with Crippen LogP contribution in [-0.2, 0) is 0 Å². The van der Waals surface area contributed by atoms with Crippen LogP contribution >= 0.6 is 11.8 Å². The van der Waals surface area contributed by atoms with E-state index in [9.17, 15) is 0 Å². The summed E-state index contributed by atoms with van der Waals surface area (Å²) in [6.07, 6.45) is 9.43. The number of hydrogen-bond donors (Lipinski definition) is 1. The molecule has 90 valence electrons.